The third-order valence-corrected chi connectivity index (χ3v) is 4.79. The van der Waals surface area contributed by atoms with Gasteiger partial charge < -0.3 is 10.2 Å². The number of piperidine rings is 1. The van der Waals surface area contributed by atoms with Crippen molar-refractivity contribution >= 4 is 27.3 Å². The number of benzene rings is 1. The Balaban J connectivity index is 1.87. The molecule has 1 aliphatic heterocycles. The summed E-state index contributed by atoms with van der Waals surface area (Å²) in [5, 5.41) is 6.36. The van der Waals surface area contributed by atoms with Gasteiger partial charge in [-0.05, 0) is 26.0 Å². The van der Waals surface area contributed by atoms with Crippen molar-refractivity contribution in [1.82, 2.24) is 10.2 Å². The molecule has 3 nitrogen and oxygen atoms in total. The fourth-order valence-electron chi connectivity index (χ4n) is 2.71. The molecular formula is C15H18N2OS. The maximum atomic E-state index is 12.6. The minimum Gasteiger partial charge on any atom is -0.337 e. The minimum atomic E-state index is 0.178. The van der Waals surface area contributed by atoms with E-state index in [4.69, 9.17) is 0 Å². The van der Waals surface area contributed by atoms with Crippen LogP contribution in [0.5, 0.6) is 0 Å². The van der Waals surface area contributed by atoms with E-state index in [1.54, 1.807) is 11.3 Å². The van der Waals surface area contributed by atoms with Crippen molar-refractivity contribution in [3.63, 3.8) is 0 Å². The van der Waals surface area contributed by atoms with E-state index in [2.05, 4.69) is 11.4 Å². The van der Waals surface area contributed by atoms with E-state index >= 15 is 0 Å². The van der Waals surface area contributed by atoms with Crippen molar-refractivity contribution in [2.45, 2.75) is 18.9 Å². The molecule has 1 aromatic heterocycles. The van der Waals surface area contributed by atoms with Crippen LogP contribution in [0.2, 0.25) is 0 Å². The van der Waals surface area contributed by atoms with Gasteiger partial charge in [0.05, 0.1) is 5.56 Å². The number of nitrogens with one attached hydrogen (secondary N) is 1. The Morgan fingerprint density at radius 1 is 1.42 bits per heavy atom. The van der Waals surface area contributed by atoms with Crippen molar-refractivity contribution in [1.29, 1.82) is 0 Å². The number of carbonyl (C=O) groups excluding carboxylic acids is 1. The first kappa shape index (κ1) is 12.6. The van der Waals surface area contributed by atoms with Crippen LogP contribution in [0.1, 0.15) is 23.2 Å². The van der Waals surface area contributed by atoms with Gasteiger partial charge in [-0.15, -0.1) is 11.3 Å². The van der Waals surface area contributed by atoms with Crippen molar-refractivity contribution in [3.8, 4) is 0 Å². The number of amides is 1. The first-order valence-electron chi connectivity index (χ1n) is 6.72. The summed E-state index contributed by atoms with van der Waals surface area (Å²) in [7, 11) is 1.97. The van der Waals surface area contributed by atoms with Crippen LogP contribution in [-0.4, -0.2) is 37.0 Å². The van der Waals surface area contributed by atoms with Crippen LogP contribution in [0.15, 0.2) is 29.6 Å². The molecule has 1 unspecified atom stereocenters. The van der Waals surface area contributed by atoms with Crippen LogP contribution in [0.4, 0.5) is 0 Å². The van der Waals surface area contributed by atoms with Crippen molar-refractivity contribution < 1.29 is 4.79 Å². The number of thiophene rings is 1. The molecule has 2 heterocycles. The molecule has 1 aliphatic rings. The van der Waals surface area contributed by atoms with Crippen molar-refractivity contribution in [2.75, 3.05) is 20.1 Å². The SMILES string of the molecule is CNC1CCCN(C(=O)c2csc3ccccc23)C1. The Morgan fingerprint density at radius 2 is 2.26 bits per heavy atom. The van der Waals surface area contributed by atoms with Gasteiger partial charge in [-0.3, -0.25) is 4.79 Å². The summed E-state index contributed by atoms with van der Waals surface area (Å²) in [5.41, 5.74) is 0.859. The third-order valence-electron chi connectivity index (χ3n) is 3.83. The first-order valence-corrected chi connectivity index (χ1v) is 7.60. The van der Waals surface area contributed by atoms with Gasteiger partial charge in [0.25, 0.3) is 5.91 Å². The van der Waals surface area contributed by atoms with Crippen LogP contribution in [-0.2, 0) is 0 Å². The van der Waals surface area contributed by atoms with Gasteiger partial charge >= 0.3 is 0 Å². The van der Waals surface area contributed by atoms with Crippen LogP contribution < -0.4 is 5.32 Å². The molecule has 4 heteroatoms. The zero-order chi connectivity index (χ0) is 13.2. The average Bonchev–Trinajstić information content (AvgIpc) is 2.90. The molecule has 1 aromatic carbocycles. The largest absolute Gasteiger partial charge is 0.337 e. The number of nitrogens with zero attached hydrogens (tertiary/aromatic N) is 1. The second-order valence-electron chi connectivity index (χ2n) is 5.02. The summed E-state index contributed by atoms with van der Waals surface area (Å²) < 4.78 is 1.19. The molecule has 0 bridgehead atoms. The van der Waals surface area contributed by atoms with Gasteiger partial charge in [0, 0.05) is 34.6 Å². The summed E-state index contributed by atoms with van der Waals surface area (Å²) in [4.78, 5) is 14.6. The molecule has 0 spiro atoms. The van der Waals surface area contributed by atoms with Gasteiger partial charge in [-0.1, -0.05) is 18.2 Å². The third kappa shape index (κ3) is 2.38. The number of carbonyl (C=O) groups is 1. The maximum absolute atomic E-state index is 12.6. The topological polar surface area (TPSA) is 32.3 Å². The highest BCUT2D eigenvalue weighted by Crippen LogP contribution is 2.27. The number of likely N-dealkylation sites (tertiary alicyclic amines) is 1. The molecule has 19 heavy (non-hydrogen) atoms. The van der Waals surface area contributed by atoms with Crippen LogP contribution >= 0.6 is 11.3 Å². The van der Waals surface area contributed by atoms with Gasteiger partial charge in [0.2, 0.25) is 0 Å². The van der Waals surface area contributed by atoms with E-state index in [9.17, 15) is 4.79 Å². The number of rotatable bonds is 2. The van der Waals surface area contributed by atoms with Gasteiger partial charge in [0.1, 0.15) is 0 Å². The van der Waals surface area contributed by atoms with E-state index in [1.807, 2.05) is 35.5 Å². The lowest BCUT2D eigenvalue weighted by molar-refractivity contribution is 0.0700. The van der Waals surface area contributed by atoms with Crippen LogP contribution in [0.3, 0.4) is 0 Å². The molecule has 1 amide bonds. The summed E-state index contributed by atoms with van der Waals surface area (Å²) in [6.07, 6.45) is 2.24. The summed E-state index contributed by atoms with van der Waals surface area (Å²) in [6, 6.07) is 8.56. The summed E-state index contributed by atoms with van der Waals surface area (Å²) >= 11 is 1.65. The Morgan fingerprint density at radius 3 is 3.11 bits per heavy atom. The Bertz CT molecular complexity index is 593. The second-order valence-corrected chi connectivity index (χ2v) is 5.94. The van der Waals surface area contributed by atoms with Crippen LogP contribution in [0.25, 0.3) is 10.1 Å². The zero-order valence-corrected chi connectivity index (χ0v) is 11.9. The normalized spacial score (nSPS) is 19.8. The second kappa shape index (κ2) is 5.31. The lowest BCUT2D eigenvalue weighted by atomic mass is 10.0. The standard InChI is InChI=1S/C15H18N2OS/c1-16-11-5-4-8-17(9-11)15(18)13-10-19-14-7-3-2-6-12(13)14/h2-3,6-7,10-11,16H,4-5,8-9H2,1H3. The first-order chi connectivity index (χ1) is 9.29. The molecule has 1 atom stereocenters. The quantitative estimate of drug-likeness (QED) is 0.913. The Hall–Kier alpha value is -1.39. The highest BCUT2D eigenvalue weighted by Gasteiger charge is 2.24. The van der Waals surface area contributed by atoms with Crippen LogP contribution in [0, 0.1) is 0 Å². The van der Waals surface area contributed by atoms with E-state index in [0.29, 0.717) is 6.04 Å². The maximum Gasteiger partial charge on any atom is 0.255 e. The summed E-state index contributed by atoms with van der Waals surface area (Å²) in [5.74, 6) is 0.178. The predicted octanol–water partition coefficient (Wildman–Crippen LogP) is 2.73. The minimum absolute atomic E-state index is 0.178. The molecule has 1 saturated heterocycles. The fourth-order valence-corrected chi connectivity index (χ4v) is 3.65. The molecule has 100 valence electrons. The average molecular weight is 274 g/mol. The zero-order valence-electron chi connectivity index (χ0n) is 11.1. The predicted molar refractivity (Wildman–Crippen MR) is 79.8 cm³/mol. The molecule has 1 N–H and O–H groups in total. The molecular weight excluding hydrogens is 256 g/mol. The molecule has 3 rings (SSSR count). The molecule has 0 aliphatic carbocycles. The Labute approximate surface area is 117 Å². The smallest absolute Gasteiger partial charge is 0.255 e. The molecule has 0 radical (unpaired) electrons. The van der Waals surface area contributed by atoms with Gasteiger partial charge in [0.15, 0.2) is 0 Å². The highest BCUT2D eigenvalue weighted by molar-refractivity contribution is 7.17. The fraction of sp³-hybridized carbons (Fsp3) is 0.400. The van der Waals surface area contributed by atoms with Gasteiger partial charge in [-0.25, -0.2) is 0 Å². The Kier molecular flexibility index (Phi) is 3.53. The lowest BCUT2D eigenvalue weighted by Crippen LogP contribution is -2.46. The lowest BCUT2D eigenvalue weighted by Gasteiger charge is -2.32. The van der Waals surface area contributed by atoms with Crippen molar-refractivity contribution in [2.24, 2.45) is 0 Å². The van der Waals surface area contributed by atoms with Crippen molar-refractivity contribution in [3.05, 3.63) is 35.2 Å². The molecule has 0 saturated carbocycles. The monoisotopic (exact) mass is 274 g/mol. The van der Waals surface area contributed by atoms with E-state index in [1.165, 1.54) is 4.70 Å². The van der Waals surface area contributed by atoms with E-state index < -0.39 is 0 Å². The number of hydrogen-bond donors (Lipinski definition) is 1. The number of hydrogen-bond acceptors (Lipinski definition) is 3. The van der Waals surface area contributed by atoms with Gasteiger partial charge in [-0.2, -0.15) is 0 Å². The number of likely N-dealkylation sites (N-methyl/N-ethyl adjacent to an activating group) is 1. The van der Waals surface area contributed by atoms with E-state index in [-0.39, 0.29) is 5.91 Å². The molecule has 1 fully saturated rings. The number of fused-ring (bicyclic) bond motifs is 1. The summed E-state index contributed by atoms with van der Waals surface area (Å²) in [6.45, 7) is 1.70. The highest BCUT2D eigenvalue weighted by atomic mass is 32.1. The van der Waals surface area contributed by atoms with E-state index in [0.717, 1.165) is 36.9 Å². The molecule has 2 aromatic rings.